The van der Waals surface area contributed by atoms with Crippen LogP contribution in [0.25, 0.3) is 0 Å². The van der Waals surface area contributed by atoms with E-state index in [1.165, 1.54) is 5.56 Å². The second kappa shape index (κ2) is 6.95. The van der Waals surface area contributed by atoms with Gasteiger partial charge in [-0.1, -0.05) is 6.92 Å². The summed E-state index contributed by atoms with van der Waals surface area (Å²) >= 11 is 0. The normalized spacial score (nSPS) is 10.1. The van der Waals surface area contributed by atoms with Gasteiger partial charge in [0, 0.05) is 25.5 Å². The van der Waals surface area contributed by atoms with Crippen molar-refractivity contribution < 1.29 is 4.79 Å². The summed E-state index contributed by atoms with van der Waals surface area (Å²) in [6.45, 7) is 5.86. The van der Waals surface area contributed by atoms with E-state index in [9.17, 15) is 4.79 Å². The molecule has 4 nitrogen and oxygen atoms in total. The van der Waals surface area contributed by atoms with Crippen LogP contribution in [0, 0.1) is 6.92 Å². The Kier molecular flexibility index (Phi) is 5.50. The van der Waals surface area contributed by atoms with Crippen LogP contribution in [0.1, 0.15) is 24.5 Å². The van der Waals surface area contributed by atoms with E-state index in [0.717, 1.165) is 18.5 Å². The Balaban J connectivity index is 2.25. The Bertz CT molecular complexity index is 339. The van der Waals surface area contributed by atoms with E-state index in [4.69, 9.17) is 0 Å². The molecular formula is C12H19N3O. The van der Waals surface area contributed by atoms with E-state index < -0.39 is 0 Å². The molecule has 0 atom stereocenters. The summed E-state index contributed by atoms with van der Waals surface area (Å²) in [5.74, 6) is 0.0496. The Morgan fingerprint density at radius 1 is 1.50 bits per heavy atom. The lowest BCUT2D eigenvalue weighted by atomic mass is 10.1. The highest BCUT2D eigenvalue weighted by molar-refractivity contribution is 5.77. The standard InChI is InChI=1S/C12H19N3O/c1-3-5-15-12(16)9-14-8-11-4-6-13-7-10(11)2/h4,6-7,14H,3,5,8-9H2,1-2H3,(H,15,16). The largest absolute Gasteiger partial charge is 0.355 e. The van der Waals surface area contributed by atoms with Gasteiger partial charge in [0.1, 0.15) is 0 Å². The van der Waals surface area contributed by atoms with Gasteiger partial charge in [-0.2, -0.15) is 0 Å². The van der Waals surface area contributed by atoms with Crippen molar-refractivity contribution in [3.05, 3.63) is 29.6 Å². The molecule has 0 spiro atoms. The molecule has 0 saturated heterocycles. The monoisotopic (exact) mass is 221 g/mol. The molecule has 0 aliphatic carbocycles. The second-order valence-electron chi connectivity index (χ2n) is 3.76. The van der Waals surface area contributed by atoms with Crippen LogP contribution in [0.5, 0.6) is 0 Å². The average molecular weight is 221 g/mol. The van der Waals surface area contributed by atoms with Crippen molar-refractivity contribution in [2.75, 3.05) is 13.1 Å². The second-order valence-corrected chi connectivity index (χ2v) is 3.76. The Labute approximate surface area is 96.5 Å². The quantitative estimate of drug-likeness (QED) is 0.753. The fourth-order valence-electron chi connectivity index (χ4n) is 1.34. The number of nitrogens with one attached hydrogen (secondary N) is 2. The maximum atomic E-state index is 11.3. The molecule has 0 aromatic carbocycles. The lowest BCUT2D eigenvalue weighted by Gasteiger charge is -2.07. The molecule has 1 rings (SSSR count). The first kappa shape index (κ1) is 12.6. The van der Waals surface area contributed by atoms with Crippen molar-refractivity contribution >= 4 is 5.91 Å². The smallest absolute Gasteiger partial charge is 0.233 e. The number of carbonyl (C=O) groups is 1. The number of hydrogen-bond acceptors (Lipinski definition) is 3. The van der Waals surface area contributed by atoms with E-state index in [2.05, 4.69) is 15.6 Å². The number of pyridine rings is 1. The van der Waals surface area contributed by atoms with E-state index in [-0.39, 0.29) is 5.91 Å². The van der Waals surface area contributed by atoms with Crippen molar-refractivity contribution in [2.24, 2.45) is 0 Å². The number of nitrogens with zero attached hydrogens (tertiary/aromatic N) is 1. The van der Waals surface area contributed by atoms with E-state index in [1.807, 2.05) is 26.1 Å². The fraction of sp³-hybridized carbons (Fsp3) is 0.500. The molecule has 88 valence electrons. The van der Waals surface area contributed by atoms with Crippen molar-refractivity contribution in [3.63, 3.8) is 0 Å². The molecule has 16 heavy (non-hydrogen) atoms. The summed E-state index contributed by atoms with van der Waals surface area (Å²) in [4.78, 5) is 15.3. The summed E-state index contributed by atoms with van der Waals surface area (Å²) in [5, 5.41) is 5.93. The van der Waals surface area contributed by atoms with Gasteiger partial charge in [-0.25, -0.2) is 0 Å². The van der Waals surface area contributed by atoms with E-state index in [1.54, 1.807) is 6.20 Å². The van der Waals surface area contributed by atoms with Crippen LogP contribution in [0.15, 0.2) is 18.5 Å². The fourth-order valence-corrected chi connectivity index (χ4v) is 1.34. The lowest BCUT2D eigenvalue weighted by Crippen LogP contribution is -2.34. The Morgan fingerprint density at radius 2 is 2.31 bits per heavy atom. The molecular weight excluding hydrogens is 202 g/mol. The van der Waals surface area contributed by atoms with Gasteiger partial charge in [-0.3, -0.25) is 9.78 Å². The molecule has 2 N–H and O–H groups in total. The van der Waals surface area contributed by atoms with Crippen LogP contribution in [-0.2, 0) is 11.3 Å². The highest BCUT2D eigenvalue weighted by Crippen LogP contribution is 2.03. The van der Waals surface area contributed by atoms with Gasteiger partial charge in [0.2, 0.25) is 5.91 Å². The Hall–Kier alpha value is -1.42. The molecule has 1 aromatic rings. The number of amides is 1. The molecule has 0 bridgehead atoms. The van der Waals surface area contributed by atoms with Gasteiger partial charge < -0.3 is 10.6 Å². The van der Waals surface area contributed by atoms with Crippen molar-refractivity contribution in [2.45, 2.75) is 26.8 Å². The van der Waals surface area contributed by atoms with Crippen LogP contribution in [0.4, 0.5) is 0 Å². The topological polar surface area (TPSA) is 54.0 Å². The zero-order valence-corrected chi connectivity index (χ0v) is 9.92. The molecule has 0 unspecified atom stereocenters. The predicted octanol–water partition coefficient (Wildman–Crippen LogP) is 1.01. The average Bonchev–Trinajstić information content (AvgIpc) is 2.29. The molecule has 0 saturated carbocycles. The third kappa shape index (κ3) is 4.40. The van der Waals surface area contributed by atoms with Gasteiger partial charge in [0.15, 0.2) is 0 Å². The minimum absolute atomic E-state index is 0.0496. The molecule has 1 aromatic heterocycles. The SMILES string of the molecule is CCCNC(=O)CNCc1ccncc1C. The lowest BCUT2D eigenvalue weighted by molar-refractivity contribution is -0.120. The number of hydrogen-bond donors (Lipinski definition) is 2. The molecule has 4 heteroatoms. The van der Waals surface area contributed by atoms with Gasteiger partial charge in [-0.15, -0.1) is 0 Å². The molecule has 0 fully saturated rings. The molecule has 1 heterocycles. The summed E-state index contributed by atoms with van der Waals surface area (Å²) in [6, 6.07) is 1.96. The highest BCUT2D eigenvalue weighted by Gasteiger charge is 2.00. The predicted molar refractivity (Wildman–Crippen MR) is 64.0 cm³/mol. The number of carbonyl (C=O) groups excluding carboxylic acids is 1. The van der Waals surface area contributed by atoms with Crippen molar-refractivity contribution in [1.29, 1.82) is 0 Å². The Morgan fingerprint density at radius 3 is 3.00 bits per heavy atom. The zero-order chi connectivity index (χ0) is 11.8. The minimum Gasteiger partial charge on any atom is -0.355 e. The maximum absolute atomic E-state index is 11.3. The summed E-state index contributed by atoms with van der Waals surface area (Å²) in [7, 11) is 0. The number of aryl methyl sites for hydroxylation is 1. The highest BCUT2D eigenvalue weighted by atomic mass is 16.1. The van der Waals surface area contributed by atoms with Crippen LogP contribution in [0.2, 0.25) is 0 Å². The molecule has 1 amide bonds. The van der Waals surface area contributed by atoms with Crippen molar-refractivity contribution in [3.8, 4) is 0 Å². The number of rotatable bonds is 6. The number of aromatic nitrogens is 1. The van der Waals surface area contributed by atoms with Gasteiger partial charge in [-0.05, 0) is 30.5 Å². The third-order valence-corrected chi connectivity index (χ3v) is 2.31. The van der Waals surface area contributed by atoms with Gasteiger partial charge in [0.05, 0.1) is 6.54 Å². The van der Waals surface area contributed by atoms with Gasteiger partial charge in [0.25, 0.3) is 0 Å². The third-order valence-electron chi connectivity index (χ3n) is 2.31. The van der Waals surface area contributed by atoms with Gasteiger partial charge >= 0.3 is 0 Å². The molecule has 0 radical (unpaired) electrons. The summed E-state index contributed by atoms with van der Waals surface area (Å²) in [6.07, 6.45) is 4.56. The van der Waals surface area contributed by atoms with Crippen LogP contribution in [0.3, 0.4) is 0 Å². The van der Waals surface area contributed by atoms with Crippen LogP contribution < -0.4 is 10.6 Å². The first-order chi connectivity index (χ1) is 7.74. The van der Waals surface area contributed by atoms with E-state index in [0.29, 0.717) is 13.1 Å². The van der Waals surface area contributed by atoms with Crippen LogP contribution in [-0.4, -0.2) is 24.0 Å². The zero-order valence-electron chi connectivity index (χ0n) is 9.92. The maximum Gasteiger partial charge on any atom is 0.233 e. The first-order valence-electron chi connectivity index (χ1n) is 5.61. The molecule has 0 aliphatic heterocycles. The minimum atomic E-state index is 0.0496. The van der Waals surface area contributed by atoms with E-state index >= 15 is 0 Å². The summed E-state index contributed by atoms with van der Waals surface area (Å²) in [5.41, 5.74) is 2.32. The van der Waals surface area contributed by atoms with Crippen LogP contribution >= 0.6 is 0 Å². The molecule has 0 aliphatic rings. The summed E-state index contributed by atoms with van der Waals surface area (Å²) < 4.78 is 0. The van der Waals surface area contributed by atoms with Crippen molar-refractivity contribution in [1.82, 2.24) is 15.6 Å². The first-order valence-corrected chi connectivity index (χ1v) is 5.61.